The van der Waals surface area contributed by atoms with Crippen LogP contribution < -0.4 is 10.1 Å². The molecule has 0 aliphatic rings. The first-order valence-corrected chi connectivity index (χ1v) is 8.66. The van der Waals surface area contributed by atoms with Gasteiger partial charge in [-0.25, -0.2) is 4.79 Å². The van der Waals surface area contributed by atoms with Gasteiger partial charge in [-0.1, -0.05) is 24.6 Å². The molecule has 5 nitrogen and oxygen atoms in total. The summed E-state index contributed by atoms with van der Waals surface area (Å²) in [5.41, 5.74) is 2.89. The van der Waals surface area contributed by atoms with Crippen molar-refractivity contribution in [1.82, 2.24) is 0 Å². The summed E-state index contributed by atoms with van der Waals surface area (Å²) < 4.78 is 10.5. The largest absolute Gasteiger partial charge is 0.481 e. The van der Waals surface area contributed by atoms with Gasteiger partial charge in [0.25, 0.3) is 5.91 Å². The molecule has 1 atom stereocenters. The molecule has 26 heavy (non-hydrogen) atoms. The molecule has 0 saturated carbocycles. The summed E-state index contributed by atoms with van der Waals surface area (Å²) in [6, 6.07) is 10.3. The van der Waals surface area contributed by atoms with Crippen molar-refractivity contribution in [2.45, 2.75) is 33.3 Å². The van der Waals surface area contributed by atoms with Crippen LogP contribution in [-0.4, -0.2) is 25.1 Å². The van der Waals surface area contributed by atoms with E-state index >= 15 is 0 Å². The molecule has 2 aromatic carbocycles. The highest BCUT2D eigenvalue weighted by molar-refractivity contribution is 6.33. The average Bonchev–Trinajstić information content (AvgIpc) is 2.63. The molecule has 0 heterocycles. The van der Waals surface area contributed by atoms with E-state index in [-0.39, 0.29) is 16.5 Å². The Morgan fingerprint density at radius 2 is 1.85 bits per heavy atom. The Bertz CT molecular complexity index is 819. The fraction of sp³-hybridized carbons (Fsp3) is 0.300. The van der Waals surface area contributed by atoms with Crippen LogP contribution in [-0.2, 0) is 9.53 Å². The van der Waals surface area contributed by atoms with Crippen molar-refractivity contribution in [2.75, 3.05) is 12.4 Å². The first kappa shape index (κ1) is 19.8. The van der Waals surface area contributed by atoms with Crippen LogP contribution in [0.4, 0.5) is 5.69 Å². The zero-order chi connectivity index (χ0) is 19.3. The molecule has 0 fully saturated rings. The SMILES string of the molecule is CC[C@H](Oc1ccc(C)c(C)c1)C(=O)Nc1ccc(Cl)c(C(=O)OC)c1. The molecule has 0 unspecified atom stereocenters. The normalized spacial score (nSPS) is 11.6. The molecule has 2 rings (SSSR count). The van der Waals surface area contributed by atoms with Crippen LogP contribution in [0.1, 0.15) is 34.8 Å². The average molecular weight is 376 g/mol. The number of carbonyl (C=O) groups is 2. The number of benzene rings is 2. The van der Waals surface area contributed by atoms with Crippen LogP contribution in [0.15, 0.2) is 36.4 Å². The predicted molar refractivity (Wildman–Crippen MR) is 102 cm³/mol. The van der Waals surface area contributed by atoms with E-state index < -0.39 is 12.1 Å². The van der Waals surface area contributed by atoms with Gasteiger partial charge in [0.1, 0.15) is 5.75 Å². The number of ether oxygens (including phenoxy) is 2. The number of rotatable bonds is 6. The smallest absolute Gasteiger partial charge is 0.339 e. The highest BCUT2D eigenvalue weighted by Gasteiger charge is 2.20. The van der Waals surface area contributed by atoms with Crippen LogP contribution >= 0.6 is 11.6 Å². The van der Waals surface area contributed by atoms with Crippen molar-refractivity contribution in [3.8, 4) is 5.75 Å². The third-order valence-corrected chi connectivity index (χ3v) is 4.39. The van der Waals surface area contributed by atoms with Crippen molar-refractivity contribution >= 4 is 29.2 Å². The minimum atomic E-state index is -0.658. The monoisotopic (exact) mass is 375 g/mol. The number of hydrogen-bond acceptors (Lipinski definition) is 4. The number of aryl methyl sites for hydroxylation is 2. The van der Waals surface area contributed by atoms with Crippen molar-refractivity contribution in [3.63, 3.8) is 0 Å². The summed E-state index contributed by atoms with van der Waals surface area (Å²) in [5, 5.41) is 3.01. The second kappa shape index (κ2) is 8.72. The van der Waals surface area contributed by atoms with E-state index in [2.05, 4.69) is 10.1 Å². The van der Waals surface area contributed by atoms with Gasteiger partial charge in [-0.3, -0.25) is 4.79 Å². The molecule has 1 amide bonds. The van der Waals surface area contributed by atoms with E-state index in [1.54, 1.807) is 6.07 Å². The van der Waals surface area contributed by atoms with E-state index in [0.29, 0.717) is 17.9 Å². The standard InChI is InChI=1S/C20H22ClNO4/c1-5-18(26-15-8-6-12(2)13(3)10-15)19(23)22-14-7-9-17(21)16(11-14)20(24)25-4/h6-11,18H,5H2,1-4H3,(H,22,23)/t18-/m0/s1. The quantitative estimate of drug-likeness (QED) is 0.753. The molecule has 1 N–H and O–H groups in total. The third-order valence-electron chi connectivity index (χ3n) is 4.06. The lowest BCUT2D eigenvalue weighted by molar-refractivity contribution is -0.122. The van der Waals surface area contributed by atoms with Gasteiger partial charge in [-0.05, 0) is 61.7 Å². The van der Waals surface area contributed by atoms with E-state index in [0.717, 1.165) is 11.1 Å². The van der Waals surface area contributed by atoms with Gasteiger partial charge in [-0.15, -0.1) is 0 Å². The lowest BCUT2D eigenvalue weighted by Crippen LogP contribution is -2.32. The molecule has 0 radical (unpaired) electrons. The number of halogens is 1. The van der Waals surface area contributed by atoms with Crippen molar-refractivity contribution in [2.24, 2.45) is 0 Å². The van der Waals surface area contributed by atoms with Crippen LogP contribution in [0, 0.1) is 13.8 Å². The Morgan fingerprint density at radius 1 is 1.12 bits per heavy atom. The summed E-state index contributed by atoms with van der Waals surface area (Å²) in [6.07, 6.45) is -0.162. The molecule has 6 heteroatoms. The highest BCUT2D eigenvalue weighted by Crippen LogP contribution is 2.23. The second-order valence-electron chi connectivity index (χ2n) is 5.94. The van der Waals surface area contributed by atoms with Crippen LogP contribution in [0.25, 0.3) is 0 Å². The zero-order valence-electron chi connectivity index (χ0n) is 15.3. The van der Waals surface area contributed by atoms with E-state index in [1.807, 2.05) is 39.0 Å². The Morgan fingerprint density at radius 3 is 2.46 bits per heavy atom. The highest BCUT2D eigenvalue weighted by atomic mass is 35.5. The minimum Gasteiger partial charge on any atom is -0.481 e. The number of amides is 1. The minimum absolute atomic E-state index is 0.190. The van der Waals surface area contributed by atoms with Crippen LogP contribution in [0.2, 0.25) is 5.02 Å². The maximum atomic E-state index is 12.6. The molecule has 0 aromatic heterocycles. The molecule has 0 spiro atoms. The number of carbonyl (C=O) groups excluding carboxylic acids is 2. The maximum absolute atomic E-state index is 12.6. The lowest BCUT2D eigenvalue weighted by atomic mass is 10.1. The molecule has 0 aliphatic heterocycles. The summed E-state index contributed by atoms with van der Waals surface area (Å²) in [4.78, 5) is 24.3. The fourth-order valence-corrected chi connectivity index (χ4v) is 2.56. The third kappa shape index (κ3) is 4.76. The van der Waals surface area contributed by atoms with Gasteiger partial charge in [0, 0.05) is 5.69 Å². The van der Waals surface area contributed by atoms with Gasteiger partial charge in [-0.2, -0.15) is 0 Å². The Kier molecular flexibility index (Phi) is 6.64. The predicted octanol–water partition coefficient (Wildman–Crippen LogP) is 4.54. The number of nitrogens with one attached hydrogen (secondary N) is 1. The molecule has 2 aromatic rings. The Labute approximate surface area is 158 Å². The summed E-state index contributed by atoms with van der Waals surface area (Å²) in [6.45, 7) is 5.88. The molecular formula is C20H22ClNO4. The second-order valence-corrected chi connectivity index (χ2v) is 6.34. The summed E-state index contributed by atoms with van der Waals surface area (Å²) >= 11 is 5.99. The van der Waals surface area contributed by atoms with E-state index in [4.69, 9.17) is 16.3 Å². The summed E-state index contributed by atoms with van der Waals surface area (Å²) in [7, 11) is 1.27. The van der Waals surface area contributed by atoms with Crippen LogP contribution in [0.5, 0.6) is 5.75 Å². The summed E-state index contributed by atoms with van der Waals surface area (Å²) in [5.74, 6) is -0.227. The first-order valence-electron chi connectivity index (χ1n) is 8.28. The zero-order valence-corrected chi connectivity index (χ0v) is 16.0. The molecule has 0 saturated heterocycles. The van der Waals surface area contributed by atoms with Gasteiger partial charge >= 0.3 is 5.97 Å². The number of anilines is 1. The van der Waals surface area contributed by atoms with Crippen molar-refractivity contribution < 1.29 is 19.1 Å². The van der Waals surface area contributed by atoms with Gasteiger partial charge < -0.3 is 14.8 Å². The van der Waals surface area contributed by atoms with E-state index in [1.165, 1.54) is 19.2 Å². The van der Waals surface area contributed by atoms with Gasteiger partial charge in [0.2, 0.25) is 0 Å². The number of methoxy groups -OCH3 is 1. The maximum Gasteiger partial charge on any atom is 0.339 e. The molecule has 0 bridgehead atoms. The Balaban J connectivity index is 2.13. The topological polar surface area (TPSA) is 64.6 Å². The number of esters is 1. The van der Waals surface area contributed by atoms with E-state index in [9.17, 15) is 9.59 Å². The number of hydrogen-bond donors (Lipinski definition) is 1. The molecule has 138 valence electrons. The van der Waals surface area contributed by atoms with Gasteiger partial charge in [0.15, 0.2) is 6.10 Å². The Hall–Kier alpha value is -2.53. The van der Waals surface area contributed by atoms with Crippen molar-refractivity contribution in [1.29, 1.82) is 0 Å². The van der Waals surface area contributed by atoms with Crippen molar-refractivity contribution in [3.05, 3.63) is 58.1 Å². The first-order chi connectivity index (χ1) is 12.3. The van der Waals surface area contributed by atoms with Crippen LogP contribution in [0.3, 0.4) is 0 Å². The lowest BCUT2D eigenvalue weighted by Gasteiger charge is -2.18. The fourth-order valence-electron chi connectivity index (χ4n) is 2.37. The molecular weight excluding hydrogens is 354 g/mol. The molecule has 0 aliphatic carbocycles. The van der Waals surface area contributed by atoms with Gasteiger partial charge in [0.05, 0.1) is 17.7 Å².